The summed E-state index contributed by atoms with van der Waals surface area (Å²) >= 11 is 0. The highest BCUT2D eigenvalue weighted by Gasteiger charge is 2.17. The van der Waals surface area contributed by atoms with Crippen LogP contribution >= 0.6 is 0 Å². The SMILES string of the molecule is Cc1[nH]ncc1CCCNC(=O)c1cc([N+](=O)[O-])cn1C. The zero-order chi connectivity index (χ0) is 15.4. The first-order valence-corrected chi connectivity index (χ1v) is 6.57. The Labute approximate surface area is 121 Å². The quantitative estimate of drug-likeness (QED) is 0.475. The molecule has 0 aliphatic rings. The molecule has 2 heterocycles. The summed E-state index contributed by atoms with van der Waals surface area (Å²) < 4.78 is 1.45. The second-order valence-electron chi connectivity index (χ2n) is 4.83. The summed E-state index contributed by atoms with van der Waals surface area (Å²) in [6.07, 6.45) is 4.69. The zero-order valence-corrected chi connectivity index (χ0v) is 11.9. The van der Waals surface area contributed by atoms with Gasteiger partial charge >= 0.3 is 0 Å². The number of nitro groups is 1. The van der Waals surface area contributed by atoms with Gasteiger partial charge in [0.2, 0.25) is 0 Å². The van der Waals surface area contributed by atoms with Gasteiger partial charge in [-0.05, 0) is 25.3 Å². The Morgan fingerprint density at radius 1 is 1.57 bits per heavy atom. The van der Waals surface area contributed by atoms with E-state index in [1.54, 1.807) is 13.2 Å². The molecule has 2 N–H and O–H groups in total. The number of aryl methyl sites for hydroxylation is 3. The number of H-pyrrole nitrogens is 1. The van der Waals surface area contributed by atoms with Crippen LogP contribution in [0.1, 0.15) is 28.2 Å². The first kappa shape index (κ1) is 14.8. The van der Waals surface area contributed by atoms with Crippen LogP contribution in [0.3, 0.4) is 0 Å². The third-order valence-corrected chi connectivity index (χ3v) is 3.28. The van der Waals surface area contributed by atoms with Crippen LogP contribution in [0.25, 0.3) is 0 Å². The van der Waals surface area contributed by atoms with Crippen LogP contribution < -0.4 is 5.32 Å². The molecular weight excluding hydrogens is 274 g/mol. The van der Waals surface area contributed by atoms with Crippen molar-refractivity contribution in [3.05, 3.63) is 45.5 Å². The van der Waals surface area contributed by atoms with Crippen molar-refractivity contribution in [3.63, 3.8) is 0 Å². The number of nitrogens with one attached hydrogen (secondary N) is 2. The zero-order valence-electron chi connectivity index (χ0n) is 11.9. The van der Waals surface area contributed by atoms with E-state index in [-0.39, 0.29) is 17.3 Å². The first-order valence-electron chi connectivity index (χ1n) is 6.57. The summed E-state index contributed by atoms with van der Waals surface area (Å²) in [7, 11) is 1.61. The van der Waals surface area contributed by atoms with Gasteiger partial charge in [-0.1, -0.05) is 0 Å². The molecule has 2 aromatic heterocycles. The van der Waals surface area contributed by atoms with Crippen LogP contribution in [-0.2, 0) is 13.5 Å². The molecule has 2 aromatic rings. The average molecular weight is 291 g/mol. The summed E-state index contributed by atoms with van der Waals surface area (Å²) in [5.41, 5.74) is 2.34. The van der Waals surface area contributed by atoms with E-state index in [4.69, 9.17) is 0 Å². The van der Waals surface area contributed by atoms with Gasteiger partial charge in [0.1, 0.15) is 5.69 Å². The fraction of sp³-hybridized carbons (Fsp3) is 0.385. The summed E-state index contributed by atoms with van der Waals surface area (Å²) in [5.74, 6) is -0.311. The van der Waals surface area contributed by atoms with Crippen LogP contribution in [0, 0.1) is 17.0 Å². The maximum absolute atomic E-state index is 12.0. The smallest absolute Gasteiger partial charge is 0.287 e. The normalized spacial score (nSPS) is 10.6. The van der Waals surface area contributed by atoms with E-state index in [1.807, 2.05) is 6.92 Å². The molecule has 2 rings (SSSR count). The first-order chi connectivity index (χ1) is 9.99. The van der Waals surface area contributed by atoms with E-state index in [1.165, 1.54) is 16.8 Å². The number of aromatic nitrogens is 3. The largest absolute Gasteiger partial charge is 0.351 e. The van der Waals surface area contributed by atoms with Gasteiger partial charge in [-0.2, -0.15) is 5.10 Å². The van der Waals surface area contributed by atoms with Crippen molar-refractivity contribution in [3.8, 4) is 0 Å². The van der Waals surface area contributed by atoms with E-state index < -0.39 is 4.92 Å². The molecule has 0 aliphatic carbocycles. The summed E-state index contributed by atoms with van der Waals surface area (Å²) in [5, 5.41) is 20.2. The van der Waals surface area contributed by atoms with E-state index in [2.05, 4.69) is 15.5 Å². The number of hydrogen-bond acceptors (Lipinski definition) is 4. The Balaban J connectivity index is 1.85. The van der Waals surface area contributed by atoms with Crippen LogP contribution in [-0.4, -0.2) is 32.1 Å². The number of aromatic amines is 1. The second kappa shape index (κ2) is 6.21. The molecule has 0 saturated heterocycles. The lowest BCUT2D eigenvalue weighted by Crippen LogP contribution is -2.26. The van der Waals surface area contributed by atoms with E-state index in [9.17, 15) is 14.9 Å². The van der Waals surface area contributed by atoms with Gasteiger partial charge in [0.05, 0.1) is 17.3 Å². The molecule has 0 fully saturated rings. The number of carbonyl (C=O) groups is 1. The molecule has 1 amide bonds. The lowest BCUT2D eigenvalue weighted by Gasteiger charge is -2.05. The highest BCUT2D eigenvalue weighted by molar-refractivity contribution is 5.93. The number of nitrogens with zero attached hydrogens (tertiary/aromatic N) is 3. The Morgan fingerprint density at radius 2 is 2.33 bits per heavy atom. The summed E-state index contributed by atoms with van der Waals surface area (Å²) in [6, 6.07) is 1.27. The average Bonchev–Trinajstić information content (AvgIpc) is 3.01. The minimum atomic E-state index is -0.515. The summed E-state index contributed by atoms with van der Waals surface area (Å²) in [6.45, 7) is 2.45. The van der Waals surface area contributed by atoms with Crippen LogP contribution in [0.15, 0.2) is 18.5 Å². The predicted octanol–water partition coefficient (Wildman–Crippen LogP) is 1.33. The minimum Gasteiger partial charge on any atom is -0.351 e. The van der Waals surface area contributed by atoms with E-state index >= 15 is 0 Å². The highest BCUT2D eigenvalue weighted by atomic mass is 16.6. The van der Waals surface area contributed by atoms with Gasteiger partial charge < -0.3 is 9.88 Å². The fourth-order valence-corrected chi connectivity index (χ4v) is 2.07. The molecule has 8 heteroatoms. The monoisotopic (exact) mass is 291 g/mol. The summed E-state index contributed by atoms with van der Waals surface area (Å²) in [4.78, 5) is 22.1. The molecule has 0 radical (unpaired) electrons. The van der Waals surface area contributed by atoms with Gasteiger partial charge in [0.15, 0.2) is 0 Å². The third-order valence-electron chi connectivity index (χ3n) is 3.28. The molecular formula is C13H17N5O3. The lowest BCUT2D eigenvalue weighted by atomic mass is 10.1. The minimum absolute atomic E-state index is 0.0864. The molecule has 8 nitrogen and oxygen atoms in total. The second-order valence-corrected chi connectivity index (χ2v) is 4.83. The Bertz CT molecular complexity index is 659. The maximum Gasteiger partial charge on any atom is 0.287 e. The van der Waals surface area contributed by atoms with Gasteiger partial charge in [0, 0.05) is 25.4 Å². The van der Waals surface area contributed by atoms with Crippen molar-refractivity contribution >= 4 is 11.6 Å². The molecule has 0 spiro atoms. The third kappa shape index (κ3) is 3.47. The van der Waals surface area contributed by atoms with E-state index in [0.717, 1.165) is 24.1 Å². The van der Waals surface area contributed by atoms with Crippen LogP contribution in [0.2, 0.25) is 0 Å². The fourth-order valence-electron chi connectivity index (χ4n) is 2.07. The topological polar surface area (TPSA) is 106 Å². The van der Waals surface area contributed by atoms with Crippen molar-refractivity contribution in [2.24, 2.45) is 7.05 Å². The molecule has 0 aliphatic heterocycles. The van der Waals surface area contributed by atoms with Gasteiger partial charge in [0.25, 0.3) is 11.6 Å². The van der Waals surface area contributed by atoms with E-state index in [0.29, 0.717) is 6.54 Å². The van der Waals surface area contributed by atoms with Crippen molar-refractivity contribution in [2.75, 3.05) is 6.54 Å². The van der Waals surface area contributed by atoms with Gasteiger partial charge in [-0.3, -0.25) is 20.0 Å². The molecule has 0 aromatic carbocycles. The molecule has 21 heavy (non-hydrogen) atoms. The standard InChI is InChI=1S/C13H17N5O3/c1-9-10(7-15-16-9)4-3-5-14-13(19)12-6-11(18(20)21)8-17(12)2/h6-8H,3-5H2,1-2H3,(H,14,19)(H,15,16). The van der Waals surface area contributed by atoms with Gasteiger partial charge in [-0.15, -0.1) is 0 Å². The Morgan fingerprint density at radius 3 is 2.90 bits per heavy atom. The Hall–Kier alpha value is -2.64. The highest BCUT2D eigenvalue weighted by Crippen LogP contribution is 2.15. The number of amides is 1. The number of rotatable bonds is 6. The molecule has 0 atom stereocenters. The number of hydrogen-bond donors (Lipinski definition) is 2. The maximum atomic E-state index is 12.0. The molecule has 112 valence electrons. The molecule has 0 bridgehead atoms. The van der Waals surface area contributed by atoms with Crippen LogP contribution in [0.5, 0.6) is 0 Å². The van der Waals surface area contributed by atoms with Gasteiger partial charge in [-0.25, -0.2) is 0 Å². The van der Waals surface area contributed by atoms with Crippen LogP contribution in [0.4, 0.5) is 5.69 Å². The molecule has 0 saturated carbocycles. The van der Waals surface area contributed by atoms with Crippen molar-refractivity contribution in [2.45, 2.75) is 19.8 Å². The predicted molar refractivity (Wildman–Crippen MR) is 76.0 cm³/mol. The molecule has 0 unspecified atom stereocenters. The Kier molecular flexibility index (Phi) is 4.36. The number of carbonyl (C=O) groups excluding carboxylic acids is 1. The van der Waals surface area contributed by atoms with Crippen molar-refractivity contribution in [1.82, 2.24) is 20.1 Å². The lowest BCUT2D eigenvalue weighted by molar-refractivity contribution is -0.384. The van der Waals surface area contributed by atoms with Crippen molar-refractivity contribution in [1.29, 1.82) is 0 Å². The van der Waals surface area contributed by atoms with Crippen molar-refractivity contribution < 1.29 is 9.72 Å².